The highest BCUT2D eigenvalue weighted by Gasteiger charge is 2.36. The summed E-state index contributed by atoms with van der Waals surface area (Å²) < 4.78 is 45.0. The molecule has 5 nitrogen and oxygen atoms in total. The van der Waals surface area contributed by atoms with Gasteiger partial charge in [0.15, 0.2) is 5.38 Å². The maximum atomic E-state index is 13.2. The van der Waals surface area contributed by atoms with Crippen LogP contribution in [-0.2, 0) is 18.9 Å². The molecule has 0 bridgehead atoms. The van der Waals surface area contributed by atoms with Gasteiger partial charge in [0.05, 0.1) is 24.8 Å². The average molecular weight is 386 g/mol. The minimum Gasteiger partial charge on any atom is -0.477 e. The van der Waals surface area contributed by atoms with E-state index in [0.29, 0.717) is 18.9 Å². The molecular formula is C17H19F3N3O2S+. The third-order valence-corrected chi connectivity index (χ3v) is 5.62. The van der Waals surface area contributed by atoms with E-state index >= 15 is 0 Å². The molecule has 1 amide bonds. The number of hydrogen-bond donors (Lipinski definition) is 1. The molecule has 0 spiro atoms. The van der Waals surface area contributed by atoms with Gasteiger partial charge in [-0.05, 0) is 35.3 Å². The largest absolute Gasteiger partial charge is 0.477 e. The number of alkyl halides is 3. The summed E-state index contributed by atoms with van der Waals surface area (Å²) in [6.07, 6.45) is 1.61. The standard InChI is InChI=1S/C17H18F3N3O2S/c1-26-9-8-21-14(26)6-7-22-16(24)15-12(17(18,19)20)4-5-13(23-15)25-10-11-2-3-11/h4-5,8-9,11H,2-3,6-7,10H2,1H3/p+1. The molecule has 2 aromatic heterocycles. The Bertz CT molecular complexity index is 788. The van der Waals surface area contributed by atoms with Crippen molar-refractivity contribution >= 4 is 16.4 Å². The molecule has 3 rings (SSSR count). The molecule has 1 aliphatic rings. The second-order valence-electron chi connectivity index (χ2n) is 6.17. The second-order valence-corrected chi connectivity index (χ2v) is 8.03. The smallest absolute Gasteiger partial charge is 0.418 e. The number of aromatic nitrogens is 2. The first-order valence-electron chi connectivity index (χ1n) is 8.22. The zero-order chi connectivity index (χ0) is 18.7. The molecular weight excluding hydrogens is 367 g/mol. The van der Waals surface area contributed by atoms with Gasteiger partial charge in [0, 0.05) is 12.6 Å². The Labute approximate surface area is 151 Å². The van der Waals surface area contributed by atoms with E-state index in [4.69, 9.17) is 4.74 Å². The summed E-state index contributed by atoms with van der Waals surface area (Å²) in [5.74, 6) is -0.397. The van der Waals surface area contributed by atoms with Crippen LogP contribution in [0.5, 0.6) is 5.88 Å². The highest BCUT2D eigenvalue weighted by molar-refractivity contribution is 7.27. The van der Waals surface area contributed by atoms with Gasteiger partial charge >= 0.3 is 6.18 Å². The van der Waals surface area contributed by atoms with Gasteiger partial charge in [-0.2, -0.15) is 13.2 Å². The Morgan fingerprint density at radius 2 is 2.15 bits per heavy atom. The highest BCUT2D eigenvalue weighted by Crippen LogP contribution is 2.33. The third kappa shape index (κ3) is 4.72. The summed E-state index contributed by atoms with van der Waals surface area (Å²) in [6, 6.07) is 2.00. The highest BCUT2D eigenvalue weighted by atomic mass is 32.2. The van der Waals surface area contributed by atoms with Crippen molar-refractivity contribution in [3.63, 3.8) is 0 Å². The molecule has 0 radical (unpaired) electrons. The molecule has 1 N–H and O–H groups in total. The van der Waals surface area contributed by atoms with Crippen LogP contribution in [0.3, 0.4) is 0 Å². The summed E-state index contributed by atoms with van der Waals surface area (Å²) in [5.41, 5.74) is -1.73. The minimum absolute atomic E-state index is 0.0366. The molecule has 0 aromatic carbocycles. The Hall–Kier alpha value is -2.16. The van der Waals surface area contributed by atoms with Crippen molar-refractivity contribution in [1.29, 1.82) is 0 Å². The van der Waals surface area contributed by atoms with Crippen LogP contribution in [0.4, 0.5) is 13.2 Å². The van der Waals surface area contributed by atoms with Gasteiger partial charge in [-0.3, -0.25) is 4.79 Å². The van der Waals surface area contributed by atoms with Crippen LogP contribution in [0.2, 0.25) is 0 Å². The molecule has 140 valence electrons. The molecule has 1 saturated carbocycles. The fraction of sp³-hybridized carbons (Fsp3) is 0.471. The Morgan fingerprint density at radius 3 is 2.77 bits per heavy atom. The van der Waals surface area contributed by atoms with Crippen LogP contribution in [0.15, 0.2) is 23.7 Å². The number of rotatable bonds is 7. The van der Waals surface area contributed by atoms with Crippen LogP contribution in [0.25, 0.3) is 0 Å². The number of ether oxygens (including phenoxy) is 1. The van der Waals surface area contributed by atoms with Crippen molar-refractivity contribution in [3.05, 3.63) is 40.0 Å². The Balaban J connectivity index is 1.70. The van der Waals surface area contributed by atoms with Gasteiger partial charge in [-0.15, -0.1) is 0 Å². The van der Waals surface area contributed by atoms with E-state index in [1.54, 1.807) is 6.20 Å². The first-order chi connectivity index (χ1) is 12.3. The first-order valence-corrected chi connectivity index (χ1v) is 9.91. The topological polar surface area (TPSA) is 64.1 Å². The zero-order valence-corrected chi connectivity index (χ0v) is 15.0. The molecule has 9 heteroatoms. The van der Waals surface area contributed by atoms with Crippen LogP contribution in [0, 0.1) is 5.92 Å². The number of carbonyl (C=O) groups is 1. The van der Waals surface area contributed by atoms with Crippen molar-refractivity contribution in [2.75, 3.05) is 13.2 Å². The SMILES string of the molecule is C[s+]1ccnc1CCNC(=O)c1nc(OCC2CC2)ccc1C(F)(F)F. The van der Waals surface area contributed by atoms with E-state index in [9.17, 15) is 18.0 Å². The van der Waals surface area contributed by atoms with Gasteiger partial charge in [0.2, 0.25) is 10.9 Å². The second kappa shape index (κ2) is 7.61. The van der Waals surface area contributed by atoms with E-state index in [0.717, 1.165) is 30.0 Å². The van der Waals surface area contributed by atoms with E-state index in [2.05, 4.69) is 15.3 Å². The van der Waals surface area contributed by atoms with Gasteiger partial charge < -0.3 is 10.1 Å². The lowest BCUT2D eigenvalue weighted by Gasteiger charge is -2.13. The molecule has 0 saturated heterocycles. The van der Waals surface area contributed by atoms with Crippen LogP contribution >= 0.6 is 10.5 Å². The fourth-order valence-electron chi connectivity index (χ4n) is 2.37. The van der Waals surface area contributed by atoms with Gasteiger partial charge in [0.1, 0.15) is 11.9 Å². The van der Waals surface area contributed by atoms with Crippen molar-refractivity contribution in [3.8, 4) is 5.88 Å². The van der Waals surface area contributed by atoms with Gasteiger partial charge in [-0.25, -0.2) is 9.97 Å². The summed E-state index contributed by atoms with van der Waals surface area (Å²) in [6.45, 7) is 0.605. The Kier molecular flexibility index (Phi) is 5.45. The fourth-order valence-corrected chi connectivity index (χ4v) is 3.42. The van der Waals surface area contributed by atoms with E-state index in [-0.39, 0.29) is 22.9 Å². The van der Waals surface area contributed by atoms with Crippen molar-refractivity contribution < 1.29 is 22.7 Å². The van der Waals surface area contributed by atoms with Gasteiger partial charge in [-0.1, -0.05) is 0 Å². The molecule has 26 heavy (non-hydrogen) atoms. The lowest BCUT2D eigenvalue weighted by Crippen LogP contribution is -2.29. The van der Waals surface area contributed by atoms with Crippen LogP contribution < -0.4 is 10.1 Å². The number of amides is 1. The average Bonchev–Trinajstić information content (AvgIpc) is 3.33. The number of carbonyl (C=O) groups excluding carboxylic acids is 1. The first kappa shape index (κ1) is 18.6. The van der Waals surface area contributed by atoms with Crippen LogP contribution in [-0.4, -0.2) is 29.0 Å². The normalized spacial score (nSPS) is 15.0. The number of hydrogen-bond acceptors (Lipinski definition) is 4. The summed E-state index contributed by atoms with van der Waals surface area (Å²) in [7, 11) is -0.0908. The molecule has 2 heterocycles. The van der Waals surface area contributed by atoms with E-state index < -0.39 is 23.3 Å². The summed E-state index contributed by atoms with van der Waals surface area (Å²) in [5, 5.41) is 5.36. The predicted molar refractivity (Wildman–Crippen MR) is 91.2 cm³/mol. The molecule has 1 unspecified atom stereocenters. The lowest BCUT2D eigenvalue weighted by molar-refractivity contribution is -0.138. The molecule has 2 aromatic rings. The minimum atomic E-state index is -4.66. The van der Waals surface area contributed by atoms with Crippen molar-refractivity contribution in [2.24, 2.45) is 12.2 Å². The number of thiazole rings is 1. The number of halogens is 3. The number of nitrogens with one attached hydrogen (secondary N) is 1. The zero-order valence-electron chi connectivity index (χ0n) is 14.2. The lowest BCUT2D eigenvalue weighted by atomic mass is 10.1. The predicted octanol–water partition coefficient (Wildman–Crippen LogP) is 3.54. The van der Waals surface area contributed by atoms with E-state index in [1.165, 1.54) is 0 Å². The number of pyridine rings is 1. The molecule has 1 aliphatic carbocycles. The van der Waals surface area contributed by atoms with Gasteiger partial charge in [0.25, 0.3) is 5.91 Å². The molecule has 1 fully saturated rings. The van der Waals surface area contributed by atoms with Crippen LogP contribution in [0.1, 0.15) is 33.9 Å². The van der Waals surface area contributed by atoms with Crippen molar-refractivity contribution in [2.45, 2.75) is 25.4 Å². The number of aryl methyl sites for hydroxylation is 1. The molecule has 0 aliphatic heterocycles. The molecule has 1 atom stereocenters. The van der Waals surface area contributed by atoms with E-state index in [1.807, 2.05) is 11.6 Å². The summed E-state index contributed by atoms with van der Waals surface area (Å²) in [4.78, 5) is 20.3. The Morgan fingerprint density at radius 1 is 1.38 bits per heavy atom. The van der Waals surface area contributed by atoms with Crippen molar-refractivity contribution in [1.82, 2.24) is 15.3 Å². The third-order valence-electron chi connectivity index (χ3n) is 4.03. The number of nitrogens with zero attached hydrogens (tertiary/aromatic N) is 2. The summed E-state index contributed by atoms with van der Waals surface area (Å²) >= 11 is 0. The maximum absolute atomic E-state index is 13.2. The monoisotopic (exact) mass is 386 g/mol. The quantitative estimate of drug-likeness (QED) is 0.740. The maximum Gasteiger partial charge on any atom is 0.418 e.